The summed E-state index contributed by atoms with van der Waals surface area (Å²) in [7, 11) is -4.67. The Hall–Kier alpha value is -1.45. The van der Waals surface area contributed by atoms with Gasteiger partial charge in [-0.25, -0.2) is 0 Å². The Morgan fingerprint density at radius 1 is 0.929 bits per heavy atom. The molecule has 1 rings (SSSR count). The van der Waals surface area contributed by atoms with Crippen molar-refractivity contribution in [3.63, 3.8) is 0 Å². The Balaban J connectivity index is -0.000000793. The first kappa shape index (κ1) is 31.3. The van der Waals surface area contributed by atoms with Crippen molar-refractivity contribution in [1.82, 2.24) is 12.3 Å². The first-order chi connectivity index (χ1) is 12.4. The second kappa shape index (κ2) is 20.3. The van der Waals surface area contributed by atoms with Crippen molar-refractivity contribution in [2.75, 3.05) is 6.61 Å². The number of unbranched alkanes of at least 4 members (excludes halogenated alkanes) is 6. The highest BCUT2D eigenvalue weighted by Crippen LogP contribution is 2.15. The number of benzene rings is 1. The molecule has 0 bridgehead atoms. The summed E-state index contributed by atoms with van der Waals surface area (Å²) in [5.41, 5.74) is 1.54. The first-order valence-electron chi connectivity index (χ1n) is 9.42. The summed E-state index contributed by atoms with van der Waals surface area (Å²) in [6.07, 6.45) is 14.3. The lowest BCUT2D eigenvalue weighted by atomic mass is 10.0. The van der Waals surface area contributed by atoms with Gasteiger partial charge >= 0.3 is 10.4 Å². The van der Waals surface area contributed by atoms with E-state index in [4.69, 9.17) is 22.3 Å². The predicted molar refractivity (Wildman–Crippen MR) is 117 cm³/mol. The maximum Gasteiger partial charge on any atom is 0.394 e. The fraction of sp³-hybridized carbons (Fsp3) is 0.600. The van der Waals surface area contributed by atoms with Crippen molar-refractivity contribution in [2.24, 2.45) is 0 Å². The van der Waals surface area contributed by atoms with E-state index in [2.05, 4.69) is 19.9 Å². The lowest BCUT2D eigenvalue weighted by molar-refractivity contribution is 0.361. The third kappa shape index (κ3) is 24.6. The molecule has 0 amide bonds. The normalized spacial score (nSPS) is 10.8. The molecule has 0 aliphatic heterocycles. The summed E-state index contributed by atoms with van der Waals surface area (Å²) >= 11 is 0. The van der Waals surface area contributed by atoms with Crippen LogP contribution in [0.5, 0.6) is 5.75 Å². The minimum Gasteiger partial charge on any atom is -0.490 e. The van der Waals surface area contributed by atoms with E-state index in [1.54, 1.807) is 5.57 Å². The molecular formula is C20H40N2O5S. The molecule has 0 heterocycles. The highest BCUT2D eigenvalue weighted by atomic mass is 32.3. The zero-order chi connectivity index (χ0) is 19.7. The van der Waals surface area contributed by atoms with Crippen LogP contribution in [0.4, 0.5) is 0 Å². The average Bonchev–Trinajstić information content (AvgIpc) is 2.59. The summed E-state index contributed by atoms with van der Waals surface area (Å²) in [6.45, 7) is 5.22. The second-order valence-corrected chi connectivity index (χ2v) is 7.05. The van der Waals surface area contributed by atoms with Crippen LogP contribution in [0.15, 0.2) is 42.0 Å². The van der Waals surface area contributed by atoms with Gasteiger partial charge in [-0.15, -0.1) is 0 Å². The fourth-order valence-electron chi connectivity index (χ4n) is 2.50. The molecule has 0 aliphatic rings. The van der Waals surface area contributed by atoms with Gasteiger partial charge in [0.1, 0.15) is 12.4 Å². The fourth-order valence-corrected chi connectivity index (χ4v) is 2.50. The molecule has 7 nitrogen and oxygen atoms in total. The van der Waals surface area contributed by atoms with Gasteiger partial charge in [0, 0.05) is 0 Å². The van der Waals surface area contributed by atoms with Crippen molar-refractivity contribution in [3.05, 3.63) is 42.0 Å². The minimum absolute atomic E-state index is 0. The molecule has 0 saturated heterocycles. The zero-order valence-corrected chi connectivity index (χ0v) is 18.3. The summed E-state index contributed by atoms with van der Waals surface area (Å²) in [6, 6.07) is 10.1. The smallest absolute Gasteiger partial charge is 0.394 e. The molecule has 0 aromatic heterocycles. The summed E-state index contributed by atoms with van der Waals surface area (Å²) in [4.78, 5) is 0. The SMILES string of the molecule is CCCCCCCCCC(=CCOc1ccccc1)CC.N.N.O=S(=O)(O)O. The Morgan fingerprint density at radius 3 is 1.93 bits per heavy atom. The highest BCUT2D eigenvalue weighted by Gasteiger charge is 1.97. The van der Waals surface area contributed by atoms with E-state index in [0.717, 1.165) is 12.2 Å². The standard InChI is InChI=1S/C20H32O.2H3N.H2O4S/c1-3-5-6-7-8-9-11-14-19(4-2)17-18-21-20-15-12-10-13-16-20;;;1-5(2,3)4/h10,12-13,15-17H,3-9,11,14,18H2,1-2H3;2*1H3;(H2,1,2,3,4). The molecule has 0 atom stereocenters. The van der Waals surface area contributed by atoms with Crippen LogP contribution in [0.25, 0.3) is 0 Å². The van der Waals surface area contributed by atoms with E-state index in [0.29, 0.717) is 6.61 Å². The quantitative estimate of drug-likeness (QED) is 0.178. The third-order valence-electron chi connectivity index (χ3n) is 3.92. The lowest BCUT2D eigenvalue weighted by Gasteiger charge is -2.07. The number of hydrogen-bond acceptors (Lipinski definition) is 5. The van der Waals surface area contributed by atoms with Gasteiger partial charge in [-0.05, 0) is 37.5 Å². The van der Waals surface area contributed by atoms with Gasteiger partial charge in [0.25, 0.3) is 0 Å². The summed E-state index contributed by atoms with van der Waals surface area (Å²) in [5.74, 6) is 0.958. The number of rotatable bonds is 12. The molecular weight excluding hydrogens is 380 g/mol. The van der Waals surface area contributed by atoms with Crippen LogP contribution in [-0.2, 0) is 10.4 Å². The zero-order valence-electron chi connectivity index (χ0n) is 17.5. The number of hydrogen-bond donors (Lipinski definition) is 4. The van der Waals surface area contributed by atoms with Gasteiger partial charge in [-0.2, -0.15) is 8.42 Å². The van der Waals surface area contributed by atoms with E-state index in [-0.39, 0.29) is 12.3 Å². The molecule has 8 heteroatoms. The lowest BCUT2D eigenvalue weighted by Crippen LogP contribution is -1.95. The molecule has 0 unspecified atom stereocenters. The van der Waals surface area contributed by atoms with Crippen molar-refractivity contribution < 1.29 is 22.3 Å². The molecule has 0 aliphatic carbocycles. The number of ether oxygens (including phenoxy) is 1. The topological polar surface area (TPSA) is 154 Å². The van der Waals surface area contributed by atoms with Crippen LogP contribution >= 0.6 is 0 Å². The van der Waals surface area contributed by atoms with E-state index in [9.17, 15) is 0 Å². The van der Waals surface area contributed by atoms with Crippen LogP contribution in [0.1, 0.15) is 71.6 Å². The van der Waals surface area contributed by atoms with E-state index >= 15 is 0 Å². The van der Waals surface area contributed by atoms with Crippen molar-refractivity contribution in [3.8, 4) is 5.75 Å². The van der Waals surface area contributed by atoms with Crippen molar-refractivity contribution in [1.29, 1.82) is 0 Å². The van der Waals surface area contributed by atoms with Crippen molar-refractivity contribution in [2.45, 2.75) is 71.6 Å². The Bertz CT molecular complexity index is 570. The molecule has 0 radical (unpaired) electrons. The van der Waals surface area contributed by atoms with Gasteiger partial charge in [0.2, 0.25) is 0 Å². The number of para-hydroxylation sites is 1. The van der Waals surface area contributed by atoms with Crippen molar-refractivity contribution >= 4 is 10.4 Å². The Morgan fingerprint density at radius 2 is 1.43 bits per heavy atom. The van der Waals surface area contributed by atoms with Gasteiger partial charge in [0.15, 0.2) is 0 Å². The van der Waals surface area contributed by atoms with Crippen LogP contribution in [0.3, 0.4) is 0 Å². The second-order valence-electron chi connectivity index (χ2n) is 6.16. The molecule has 8 N–H and O–H groups in total. The van der Waals surface area contributed by atoms with Gasteiger partial charge < -0.3 is 17.0 Å². The maximum absolute atomic E-state index is 8.74. The highest BCUT2D eigenvalue weighted by molar-refractivity contribution is 7.79. The van der Waals surface area contributed by atoms with Crippen LogP contribution in [-0.4, -0.2) is 24.1 Å². The third-order valence-corrected chi connectivity index (χ3v) is 3.92. The average molecular weight is 421 g/mol. The molecule has 166 valence electrons. The summed E-state index contributed by atoms with van der Waals surface area (Å²) in [5, 5.41) is 0. The van der Waals surface area contributed by atoms with Gasteiger partial charge in [-0.3, -0.25) is 9.11 Å². The minimum atomic E-state index is -4.67. The maximum atomic E-state index is 8.74. The van der Waals surface area contributed by atoms with Gasteiger partial charge in [-0.1, -0.05) is 76.1 Å². The predicted octanol–water partition coefficient (Wildman–Crippen LogP) is 6.21. The Kier molecular flexibility index (Phi) is 22.6. The molecule has 0 fully saturated rings. The molecule has 1 aromatic rings. The van der Waals surface area contributed by atoms with E-state index in [1.807, 2.05) is 30.3 Å². The molecule has 28 heavy (non-hydrogen) atoms. The van der Waals surface area contributed by atoms with Crippen LogP contribution in [0.2, 0.25) is 0 Å². The molecule has 1 aromatic carbocycles. The number of allylic oxidation sites excluding steroid dienone is 1. The monoisotopic (exact) mass is 420 g/mol. The molecule has 0 spiro atoms. The van der Waals surface area contributed by atoms with Gasteiger partial charge in [0.05, 0.1) is 0 Å². The van der Waals surface area contributed by atoms with Crippen LogP contribution in [0, 0.1) is 0 Å². The Labute approximate surface area is 171 Å². The van der Waals surface area contributed by atoms with Crippen LogP contribution < -0.4 is 17.0 Å². The van der Waals surface area contributed by atoms with E-state index < -0.39 is 10.4 Å². The van der Waals surface area contributed by atoms with E-state index in [1.165, 1.54) is 51.4 Å². The first-order valence-corrected chi connectivity index (χ1v) is 10.8. The molecule has 0 saturated carbocycles. The summed E-state index contributed by atoms with van der Waals surface area (Å²) < 4.78 is 37.3. The largest absolute Gasteiger partial charge is 0.490 e.